The van der Waals surface area contributed by atoms with E-state index in [1.807, 2.05) is 31.2 Å². The zero-order valence-electron chi connectivity index (χ0n) is 21.1. The zero-order chi connectivity index (χ0) is 26.1. The fourth-order valence-corrected chi connectivity index (χ4v) is 4.64. The van der Waals surface area contributed by atoms with Gasteiger partial charge in [-0.3, -0.25) is 10.00 Å². The van der Waals surface area contributed by atoms with Gasteiger partial charge in [0.15, 0.2) is 23.2 Å². The Balaban J connectivity index is 1.28. The van der Waals surface area contributed by atoms with E-state index in [4.69, 9.17) is 31.0 Å². The lowest BCUT2D eigenvalue weighted by Crippen LogP contribution is -2.35. The van der Waals surface area contributed by atoms with E-state index in [-0.39, 0.29) is 0 Å². The summed E-state index contributed by atoms with van der Waals surface area (Å²) < 4.78 is 11.0. The summed E-state index contributed by atoms with van der Waals surface area (Å²) in [6.07, 6.45) is 3.33. The molecule has 1 aliphatic heterocycles. The Morgan fingerprint density at radius 3 is 2.79 bits per heavy atom. The molecule has 1 saturated heterocycles. The quantitative estimate of drug-likeness (QED) is 0.270. The predicted molar refractivity (Wildman–Crippen MR) is 147 cm³/mol. The highest BCUT2D eigenvalue weighted by atomic mass is 35.5. The molecular weight excluding hydrogens is 504 g/mol. The number of nitrogens with one attached hydrogen (secondary N) is 3. The van der Waals surface area contributed by atoms with Crippen molar-refractivity contribution < 1.29 is 9.47 Å². The third-order valence-corrected chi connectivity index (χ3v) is 7.00. The predicted octanol–water partition coefficient (Wildman–Crippen LogP) is 4.96. The minimum Gasteiger partial charge on any atom is -0.491 e. The van der Waals surface area contributed by atoms with Crippen LogP contribution in [0, 0.1) is 6.92 Å². The largest absolute Gasteiger partial charge is 0.491 e. The number of methoxy groups -OCH3 is 1. The van der Waals surface area contributed by atoms with Crippen LogP contribution in [0.25, 0.3) is 33.9 Å². The molecule has 5 aromatic rings. The van der Waals surface area contributed by atoms with Gasteiger partial charge in [0.05, 0.1) is 49.4 Å². The minimum absolute atomic E-state index is 0.497. The van der Waals surface area contributed by atoms with Gasteiger partial charge in [0.2, 0.25) is 0 Å². The van der Waals surface area contributed by atoms with Crippen molar-refractivity contribution in [1.29, 1.82) is 0 Å². The van der Waals surface area contributed by atoms with E-state index >= 15 is 0 Å². The van der Waals surface area contributed by atoms with Gasteiger partial charge < -0.3 is 19.8 Å². The molecular formula is C27H27ClN8O2. The second-order valence-electron chi connectivity index (χ2n) is 9.18. The summed E-state index contributed by atoms with van der Waals surface area (Å²) in [4.78, 5) is 19.8. The van der Waals surface area contributed by atoms with Crippen LogP contribution in [0.5, 0.6) is 5.75 Å². The number of hydrogen-bond acceptors (Lipinski definition) is 8. The van der Waals surface area contributed by atoms with Gasteiger partial charge in [-0.2, -0.15) is 5.10 Å². The van der Waals surface area contributed by atoms with E-state index in [9.17, 15) is 0 Å². The molecule has 1 fully saturated rings. The van der Waals surface area contributed by atoms with Crippen molar-refractivity contribution in [1.82, 2.24) is 35.0 Å². The van der Waals surface area contributed by atoms with E-state index < -0.39 is 0 Å². The number of benzene rings is 2. The molecule has 11 heteroatoms. The van der Waals surface area contributed by atoms with Gasteiger partial charge in [0.1, 0.15) is 5.69 Å². The van der Waals surface area contributed by atoms with Crippen molar-refractivity contribution in [2.24, 2.45) is 0 Å². The van der Waals surface area contributed by atoms with Crippen LogP contribution < -0.4 is 10.1 Å². The Bertz CT molecular complexity index is 1590. The number of ether oxygens (including phenoxy) is 2. The average molecular weight is 531 g/mol. The van der Waals surface area contributed by atoms with E-state index in [0.717, 1.165) is 55.0 Å². The van der Waals surface area contributed by atoms with Crippen LogP contribution in [0.15, 0.2) is 48.8 Å². The van der Waals surface area contributed by atoms with Gasteiger partial charge in [0, 0.05) is 30.2 Å². The fourth-order valence-electron chi connectivity index (χ4n) is 4.46. The lowest BCUT2D eigenvalue weighted by Gasteiger charge is -2.26. The molecule has 2 aromatic carbocycles. The van der Waals surface area contributed by atoms with Crippen LogP contribution >= 0.6 is 11.6 Å². The third-order valence-electron chi connectivity index (χ3n) is 6.59. The first-order valence-electron chi connectivity index (χ1n) is 12.3. The number of anilines is 2. The van der Waals surface area contributed by atoms with Gasteiger partial charge >= 0.3 is 0 Å². The standard InChI is InChI=1S/C27H27ClN8O2/c1-16-3-5-18(12-19(16)28)25-29-14-23(37-2)26(34-25)33-22-13-30-35-24(22)27-31-20-6-4-17(11-21(20)32-27)15-36-7-9-38-10-8-36/h3-6,11-14H,7-10,15H2,1-2H3,(H,30,35)(H,31,32)(H,29,33,34). The number of imidazole rings is 1. The highest BCUT2D eigenvalue weighted by Gasteiger charge is 2.17. The highest BCUT2D eigenvalue weighted by Crippen LogP contribution is 2.33. The lowest BCUT2D eigenvalue weighted by molar-refractivity contribution is 0.0342. The number of aromatic amines is 2. The van der Waals surface area contributed by atoms with Crippen LogP contribution in [-0.2, 0) is 11.3 Å². The Morgan fingerprint density at radius 1 is 1.11 bits per heavy atom. The number of hydrogen-bond donors (Lipinski definition) is 3. The van der Waals surface area contributed by atoms with E-state index in [0.29, 0.717) is 39.6 Å². The molecule has 3 aromatic heterocycles. The van der Waals surface area contributed by atoms with Crippen molar-refractivity contribution in [2.75, 3.05) is 38.7 Å². The normalized spacial score (nSPS) is 14.2. The van der Waals surface area contributed by atoms with Crippen LogP contribution in [0.4, 0.5) is 11.5 Å². The molecule has 0 radical (unpaired) electrons. The second kappa shape index (κ2) is 10.4. The molecule has 10 nitrogen and oxygen atoms in total. The molecule has 4 heterocycles. The maximum Gasteiger partial charge on any atom is 0.179 e. The molecule has 0 aliphatic carbocycles. The first-order valence-corrected chi connectivity index (χ1v) is 12.7. The average Bonchev–Trinajstić information content (AvgIpc) is 3.57. The van der Waals surface area contributed by atoms with Crippen molar-refractivity contribution >= 4 is 34.1 Å². The third kappa shape index (κ3) is 4.93. The maximum absolute atomic E-state index is 6.33. The maximum atomic E-state index is 6.33. The van der Waals surface area contributed by atoms with Gasteiger partial charge in [-0.05, 0) is 36.2 Å². The molecule has 0 saturated carbocycles. The highest BCUT2D eigenvalue weighted by molar-refractivity contribution is 6.31. The molecule has 0 atom stereocenters. The van der Waals surface area contributed by atoms with Gasteiger partial charge in [-0.25, -0.2) is 15.0 Å². The summed E-state index contributed by atoms with van der Waals surface area (Å²) in [5.41, 5.74) is 6.27. The molecule has 0 amide bonds. The number of halogens is 1. The Kier molecular flexibility index (Phi) is 6.67. The molecule has 1 aliphatic rings. The molecule has 0 spiro atoms. The summed E-state index contributed by atoms with van der Waals surface area (Å²) in [6, 6.07) is 12.1. The SMILES string of the molecule is COc1cnc(-c2ccc(C)c(Cl)c2)nc1Nc1cn[nH]c1-c1nc2ccc(CN3CCOCC3)cc2[nH]1. The topological polar surface area (TPSA) is 117 Å². The number of nitrogens with zero attached hydrogens (tertiary/aromatic N) is 5. The zero-order valence-corrected chi connectivity index (χ0v) is 21.8. The number of rotatable bonds is 7. The minimum atomic E-state index is 0.497. The lowest BCUT2D eigenvalue weighted by atomic mass is 10.1. The smallest absolute Gasteiger partial charge is 0.179 e. The number of aryl methyl sites for hydroxylation is 1. The first-order chi connectivity index (χ1) is 18.6. The molecule has 3 N–H and O–H groups in total. The molecule has 0 bridgehead atoms. The van der Waals surface area contributed by atoms with Crippen molar-refractivity contribution in [3.8, 4) is 28.7 Å². The summed E-state index contributed by atoms with van der Waals surface area (Å²) >= 11 is 6.33. The fraction of sp³-hybridized carbons (Fsp3) is 0.259. The second-order valence-corrected chi connectivity index (χ2v) is 9.59. The first kappa shape index (κ1) is 24.4. The van der Waals surface area contributed by atoms with Crippen LogP contribution in [0.1, 0.15) is 11.1 Å². The van der Waals surface area contributed by atoms with Gasteiger partial charge in [-0.15, -0.1) is 0 Å². The molecule has 6 rings (SSSR count). The number of H-pyrrole nitrogens is 2. The van der Waals surface area contributed by atoms with Crippen LogP contribution in [0.3, 0.4) is 0 Å². The van der Waals surface area contributed by atoms with Crippen molar-refractivity contribution in [3.05, 3.63) is 64.9 Å². The summed E-state index contributed by atoms with van der Waals surface area (Å²) in [5.74, 6) is 2.19. The van der Waals surface area contributed by atoms with E-state index in [2.05, 4.69) is 42.5 Å². The Morgan fingerprint density at radius 2 is 1.97 bits per heavy atom. The number of fused-ring (bicyclic) bond motifs is 1. The van der Waals surface area contributed by atoms with Crippen molar-refractivity contribution in [2.45, 2.75) is 13.5 Å². The number of aromatic nitrogens is 6. The van der Waals surface area contributed by atoms with Crippen molar-refractivity contribution in [3.63, 3.8) is 0 Å². The Hall–Kier alpha value is -3.99. The summed E-state index contributed by atoms with van der Waals surface area (Å²) in [5, 5.41) is 11.3. The Labute approximate surface area is 224 Å². The van der Waals surface area contributed by atoms with E-state index in [1.165, 1.54) is 5.56 Å². The van der Waals surface area contributed by atoms with E-state index in [1.54, 1.807) is 19.5 Å². The molecule has 0 unspecified atom stereocenters. The molecule has 38 heavy (non-hydrogen) atoms. The van der Waals surface area contributed by atoms with Gasteiger partial charge in [-0.1, -0.05) is 29.8 Å². The summed E-state index contributed by atoms with van der Waals surface area (Å²) in [6.45, 7) is 6.29. The van der Waals surface area contributed by atoms with Crippen LogP contribution in [-0.4, -0.2) is 68.4 Å². The van der Waals surface area contributed by atoms with Gasteiger partial charge in [0.25, 0.3) is 0 Å². The number of morpholine rings is 1. The molecule has 194 valence electrons. The monoisotopic (exact) mass is 530 g/mol. The summed E-state index contributed by atoms with van der Waals surface area (Å²) in [7, 11) is 1.58. The van der Waals surface area contributed by atoms with Crippen LogP contribution in [0.2, 0.25) is 5.02 Å².